The van der Waals surface area contributed by atoms with Crippen LogP contribution in [0.1, 0.15) is 74.7 Å². The number of hydrogen-bond acceptors (Lipinski definition) is 0. The standard InChI is InChI=1S/C15H32/c1-9-12(10-2)13(15(6,7)8)11-14(3,4)5/h12-13H,9-11H2,1-8H3. The van der Waals surface area contributed by atoms with Crippen LogP contribution in [0.5, 0.6) is 0 Å². The molecule has 0 saturated heterocycles. The zero-order valence-electron chi connectivity index (χ0n) is 12.3. The highest BCUT2D eigenvalue weighted by Crippen LogP contribution is 2.42. The van der Waals surface area contributed by atoms with Crippen LogP contribution in [0.4, 0.5) is 0 Å². The number of hydrogen-bond donors (Lipinski definition) is 0. The van der Waals surface area contributed by atoms with Gasteiger partial charge in [-0.15, -0.1) is 0 Å². The molecule has 0 saturated carbocycles. The second-order valence-corrected chi connectivity index (χ2v) is 7.31. The van der Waals surface area contributed by atoms with E-state index in [1.54, 1.807) is 0 Å². The summed E-state index contributed by atoms with van der Waals surface area (Å²) in [5, 5.41) is 0. The molecule has 92 valence electrons. The maximum atomic E-state index is 2.40. The van der Waals surface area contributed by atoms with E-state index in [1.807, 2.05) is 0 Å². The molecule has 0 spiro atoms. The molecule has 0 amide bonds. The van der Waals surface area contributed by atoms with Crippen molar-refractivity contribution >= 4 is 0 Å². The van der Waals surface area contributed by atoms with E-state index in [0.29, 0.717) is 10.8 Å². The maximum Gasteiger partial charge on any atom is -0.0332 e. The molecule has 1 atom stereocenters. The van der Waals surface area contributed by atoms with Crippen LogP contribution in [-0.4, -0.2) is 0 Å². The zero-order chi connectivity index (χ0) is 12.3. The van der Waals surface area contributed by atoms with Crippen LogP contribution in [0.2, 0.25) is 0 Å². The van der Waals surface area contributed by atoms with Gasteiger partial charge in [0.1, 0.15) is 0 Å². The summed E-state index contributed by atoms with van der Waals surface area (Å²) in [4.78, 5) is 0. The summed E-state index contributed by atoms with van der Waals surface area (Å²) >= 11 is 0. The minimum atomic E-state index is 0.448. The average Bonchev–Trinajstić information content (AvgIpc) is 2.01. The lowest BCUT2D eigenvalue weighted by Gasteiger charge is -2.40. The Morgan fingerprint density at radius 3 is 1.40 bits per heavy atom. The molecule has 0 aromatic carbocycles. The quantitative estimate of drug-likeness (QED) is 0.575. The van der Waals surface area contributed by atoms with Crippen LogP contribution >= 0.6 is 0 Å². The summed E-state index contributed by atoms with van der Waals surface area (Å²) in [6, 6.07) is 0. The molecule has 0 aromatic heterocycles. The Balaban J connectivity index is 4.74. The van der Waals surface area contributed by atoms with Crippen molar-refractivity contribution in [3.8, 4) is 0 Å². The van der Waals surface area contributed by atoms with Gasteiger partial charge in [0, 0.05) is 0 Å². The summed E-state index contributed by atoms with van der Waals surface area (Å²) in [7, 11) is 0. The van der Waals surface area contributed by atoms with Crippen molar-refractivity contribution in [2.24, 2.45) is 22.7 Å². The molecule has 0 aliphatic rings. The molecular formula is C15H32. The summed E-state index contributed by atoms with van der Waals surface area (Å²) in [5.74, 6) is 1.75. The molecule has 0 fully saturated rings. The highest BCUT2D eigenvalue weighted by Gasteiger charge is 2.33. The molecule has 0 nitrogen and oxygen atoms in total. The van der Waals surface area contributed by atoms with Gasteiger partial charge in [0.05, 0.1) is 0 Å². The molecule has 0 aromatic rings. The summed E-state index contributed by atoms with van der Waals surface area (Å²) in [6.45, 7) is 19.0. The number of rotatable bonds is 4. The Morgan fingerprint density at radius 1 is 0.800 bits per heavy atom. The average molecular weight is 212 g/mol. The Morgan fingerprint density at radius 2 is 1.20 bits per heavy atom. The van der Waals surface area contributed by atoms with Gasteiger partial charge >= 0.3 is 0 Å². The van der Waals surface area contributed by atoms with E-state index in [2.05, 4.69) is 55.4 Å². The van der Waals surface area contributed by atoms with E-state index in [4.69, 9.17) is 0 Å². The first kappa shape index (κ1) is 15.0. The van der Waals surface area contributed by atoms with Crippen molar-refractivity contribution in [1.29, 1.82) is 0 Å². The van der Waals surface area contributed by atoms with Gasteiger partial charge in [0.2, 0.25) is 0 Å². The van der Waals surface area contributed by atoms with Crippen LogP contribution in [0.25, 0.3) is 0 Å². The smallest absolute Gasteiger partial charge is 0.0332 e. The van der Waals surface area contributed by atoms with Gasteiger partial charge in [-0.25, -0.2) is 0 Å². The third-order valence-corrected chi connectivity index (χ3v) is 3.56. The lowest BCUT2D eigenvalue weighted by atomic mass is 9.65. The third kappa shape index (κ3) is 5.58. The van der Waals surface area contributed by atoms with Gasteiger partial charge in [-0.1, -0.05) is 68.2 Å². The SMILES string of the molecule is CCC(CC)C(CC(C)(C)C)C(C)(C)C. The Bertz CT molecular complexity index is 161. The first-order chi connectivity index (χ1) is 6.61. The van der Waals surface area contributed by atoms with Crippen molar-refractivity contribution in [3.63, 3.8) is 0 Å². The molecule has 0 aliphatic carbocycles. The fourth-order valence-electron chi connectivity index (χ4n) is 2.70. The minimum absolute atomic E-state index is 0.448. The highest BCUT2D eigenvalue weighted by atomic mass is 14.4. The molecule has 0 rings (SSSR count). The molecule has 15 heavy (non-hydrogen) atoms. The lowest BCUT2D eigenvalue weighted by molar-refractivity contribution is 0.0970. The molecule has 0 heterocycles. The minimum Gasteiger partial charge on any atom is -0.0651 e. The van der Waals surface area contributed by atoms with Crippen molar-refractivity contribution < 1.29 is 0 Å². The van der Waals surface area contributed by atoms with E-state index in [9.17, 15) is 0 Å². The zero-order valence-corrected chi connectivity index (χ0v) is 12.3. The first-order valence-corrected chi connectivity index (χ1v) is 6.61. The lowest BCUT2D eigenvalue weighted by Crippen LogP contribution is -2.31. The normalized spacial score (nSPS) is 15.8. The molecule has 0 heteroatoms. The van der Waals surface area contributed by atoms with Crippen molar-refractivity contribution in [2.45, 2.75) is 74.7 Å². The maximum absolute atomic E-state index is 2.40. The molecule has 0 aliphatic heterocycles. The highest BCUT2D eigenvalue weighted by molar-refractivity contribution is 4.83. The van der Waals surface area contributed by atoms with Gasteiger partial charge in [0.25, 0.3) is 0 Å². The summed E-state index contributed by atoms with van der Waals surface area (Å²) in [6.07, 6.45) is 4.01. The molecular weight excluding hydrogens is 180 g/mol. The monoisotopic (exact) mass is 212 g/mol. The van der Waals surface area contributed by atoms with Crippen molar-refractivity contribution in [2.75, 3.05) is 0 Å². The Labute approximate surface area is 97.8 Å². The van der Waals surface area contributed by atoms with Gasteiger partial charge in [-0.05, 0) is 29.1 Å². The van der Waals surface area contributed by atoms with Gasteiger partial charge in [-0.3, -0.25) is 0 Å². The van der Waals surface area contributed by atoms with Crippen LogP contribution < -0.4 is 0 Å². The third-order valence-electron chi connectivity index (χ3n) is 3.56. The van der Waals surface area contributed by atoms with Crippen molar-refractivity contribution in [1.82, 2.24) is 0 Å². The van der Waals surface area contributed by atoms with E-state index >= 15 is 0 Å². The fraction of sp³-hybridized carbons (Fsp3) is 1.00. The molecule has 1 unspecified atom stereocenters. The van der Waals surface area contributed by atoms with Crippen LogP contribution in [0.15, 0.2) is 0 Å². The van der Waals surface area contributed by atoms with Gasteiger partial charge in [0.15, 0.2) is 0 Å². The Hall–Kier alpha value is 0. The van der Waals surface area contributed by atoms with Crippen LogP contribution in [-0.2, 0) is 0 Å². The predicted octanol–water partition coefficient (Wildman–Crippen LogP) is 5.52. The van der Waals surface area contributed by atoms with Gasteiger partial charge in [-0.2, -0.15) is 0 Å². The summed E-state index contributed by atoms with van der Waals surface area (Å²) in [5.41, 5.74) is 0.907. The van der Waals surface area contributed by atoms with Crippen LogP contribution in [0, 0.1) is 22.7 Å². The fourth-order valence-corrected chi connectivity index (χ4v) is 2.70. The molecule has 0 N–H and O–H groups in total. The van der Waals surface area contributed by atoms with E-state index in [-0.39, 0.29) is 0 Å². The molecule has 0 radical (unpaired) electrons. The van der Waals surface area contributed by atoms with Crippen molar-refractivity contribution in [3.05, 3.63) is 0 Å². The predicted molar refractivity (Wildman–Crippen MR) is 71.1 cm³/mol. The van der Waals surface area contributed by atoms with Crippen LogP contribution in [0.3, 0.4) is 0 Å². The topological polar surface area (TPSA) is 0 Å². The van der Waals surface area contributed by atoms with E-state index < -0.39 is 0 Å². The second kappa shape index (κ2) is 5.37. The first-order valence-electron chi connectivity index (χ1n) is 6.61. The van der Waals surface area contributed by atoms with E-state index in [1.165, 1.54) is 19.3 Å². The largest absolute Gasteiger partial charge is 0.0651 e. The summed E-state index contributed by atoms with van der Waals surface area (Å²) < 4.78 is 0. The van der Waals surface area contributed by atoms with E-state index in [0.717, 1.165) is 11.8 Å². The van der Waals surface area contributed by atoms with Gasteiger partial charge < -0.3 is 0 Å². The Kier molecular flexibility index (Phi) is 5.37. The second-order valence-electron chi connectivity index (χ2n) is 7.31. The molecule has 0 bridgehead atoms.